The van der Waals surface area contributed by atoms with Crippen molar-refractivity contribution in [3.05, 3.63) is 70.2 Å². The molecule has 0 aliphatic carbocycles. The highest BCUT2D eigenvalue weighted by atomic mass is 16.3. The zero-order valence-electron chi connectivity index (χ0n) is 15.4. The molecule has 0 saturated carbocycles. The van der Waals surface area contributed by atoms with Crippen molar-refractivity contribution in [2.24, 2.45) is 5.92 Å². The van der Waals surface area contributed by atoms with E-state index in [9.17, 15) is 24.9 Å². The molecular weight excluding hydrogens is 346 g/mol. The largest absolute Gasteiger partial charge is 0.508 e. The van der Waals surface area contributed by atoms with E-state index in [0.717, 1.165) is 5.57 Å². The number of phenols is 1. The van der Waals surface area contributed by atoms with Crippen LogP contribution in [0.15, 0.2) is 59.1 Å². The quantitative estimate of drug-likeness (QED) is 0.355. The van der Waals surface area contributed by atoms with Gasteiger partial charge in [-0.1, -0.05) is 36.8 Å². The lowest BCUT2D eigenvalue weighted by Crippen LogP contribution is -2.16. The van der Waals surface area contributed by atoms with Crippen LogP contribution < -0.4 is 5.56 Å². The summed E-state index contributed by atoms with van der Waals surface area (Å²) in [5.74, 6) is -1.07. The van der Waals surface area contributed by atoms with Gasteiger partial charge in [0, 0.05) is 17.7 Å². The van der Waals surface area contributed by atoms with Crippen LogP contribution >= 0.6 is 0 Å². The Hall–Kier alpha value is -3.12. The molecule has 0 amide bonds. The fourth-order valence-corrected chi connectivity index (χ4v) is 2.51. The van der Waals surface area contributed by atoms with E-state index in [2.05, 4.69) is 4.98 Å². The summed E-state index contributed by atoms with van der Waals surface area (Å²) >= 11 is 0. The molecule has 0 saturated heterocycles. The molecule has 2 atom stereocenters. The molecule has 1 aromatic heterocycles. The number of phenolic OH excluding ortho intramolecular Hbond substituents is 1. The molecule has 142 valence electrons. The molecule has 2 rings (SSSR count). The van der Waals surface area contributed by atoms with Gasteiger partial charge in [-0.25, -0.2) is 0 Å². The van der Waals surface area contributed by atoms with Gasteiger partial charge in [0.25, 0.3) is 5.56 Å². The van der Waals surface area contributed by atoms with Crippen molar-refractivity contribution >= 4 is 5.78 Å². The molecule has 0 unspecified atom stereocenters. The first-order chi connectivity index (χ1) is 12.7. The van der Waals surface area contributed by atoms with Crippen LogP contribution in [-0.2, 0) is 0 Å². The Kier molecular flexibility index (Phi) is 6.36. The molecule has 6 nitrogen and oxygen atoms in total. The number of aliphatic hydroxyl groups excluding tert-OH is 1. The average molecular weight is 369 g/mol. The number of benzene rings is 1. The number of ketones is 1. The maximum absolute atomic E-state index is 12.5. The third-order valence-corrected chi connectivity index (χ3v) is 4.28. The highest BCUT2D eigenvalue weighted by molar-refractivity contribution is 6.07. The molecular formula is C21H23NO5. The Labute approximate surface area is 157 Å². The first-order valence-corrected chi connectivity index (χ1v) is 8.53. The van der Waals surface area contributed by atoms with Gasteiger partial charge in [-0.2, -0.15) is 0 Å². The Balaban J connectivity index is 2.36. The number of allylic oxidation sites excluding steroid dienone is 3. The third-order valence-electron chi connectivity index (χ3n) is 4.28. The third kappa shape index (κ3) is 4.95. The van der Waals surface area contributed by atoms with E-state index >= 15 is 0 Å². The molecule has 0 bridgehead atoms. The Morgan fingerprint density at radius 1 is 1.11 bits per heavy atom. The number of carbonyl (C=O) groups excluding carboxylic acids is 1. The highest BCUT2D eigenvalue weighted by Crippen LogP contribution is 2.31. The van der Waals surface area contributed by atoms with Crippen molar-refractivity contribution in [1.82, 2.24) is 4.98 Å². The van der Waals surface area contributed by atoms with E-state index in [1.165, 1.54) is 30.5 Å². The summed E-state index contributed by atoms with van der Waals surface area (Å²) in [4.78, 5) is 27.0. The van der Waals surface area contributed by atoms with E-state index in [0.29, 0.717) is 5.56 Å². The molecule has 2 aromatic rings. The second kappa shape index (κ2) is 8.51. The number of aromatic hydroxyl groups is 2. The molecule has 27 heavy (non-hydrogen) atoms. The minimum atomic E-state index is -0.691. The summed E-state index contributed by atoms with van der Waals surface area (Å²) in [6.07, 6.45) is 5.36. The molecule has 1 heterocycles. The zero-order valence-corrected chi connectivity index (χ0v) is 15.4. The first-order valence-electron chi connectivity index (χ1n) is 8.53. The number of rotatable bonds is 6. The van der Waals surface area contributed by atoms with Crippen LogP contribution in [0.1, 0.15) is 31.1 Å². The zero-order chi connectivity index (χ0) is 20.1. The summed E-state index contributed by atoms with van der Waals surface area (Å²) in [5, 5.41) is 29.4. The predicted molar refractivity (Wildman–Crippen MR) is 104 cm³/mol. The Morgan fingerprint density at radius 2 is 1.74 bits per heavy atom. The molecule has 0 aliphatic heterocycles. The van der Waals surface area contributed by atoms with Gasteiger partial charge in [0.1, 0.15) is 17.1 Å². The number of hydrogen-bond donors (Lipinski definition) is 4. The SMILES string of the molecule is CC(=C/[C@H](C)[C@H](C)O)/C=C/C(=O)c1c(O)c(-c2ccc(O)cc2)c[nH]c1=O. The minimum absolute atomic E-state index is 0.0654. The fourth-order valence-electron chi connectivity index (χ4n) is 2.51. The maximum Gasteiger partial charge on any atom is 0.263 e. The summed E-state index contributed by atoms with van der Waals surface area (Å²) in [6.45, 7) is 5.30. The average Bonchev–Trinajstić information content (AvgIpc) is 2.61. The van der Waals surface area contributed by atoms with Gasteiger partial charge in [-0.05, 0) is 37.6 Å². The topological polar surface area (TPSA) is 111 Å². The lowest BCUT2D eigenvalue weighted by molar-refractivity contribution is 0.104. The van der Waals surface area contributed by atoms with Crippen LogP contribution in [0, 0.1) is 5.92 Å². The summed E-state index contributed by atoms with van der Waals surface area (Å²) in [6, 6.07) is 6.02. The molecule has 0 radical (unpaired) electrons. The van der Waals surface area contributed by atoms with Gasteiger partial charge < -0.3 is 20.3 Å². The van der Waals surface area contributed by atoms with Crippen LogP contribution in [0.25, 0.3) is 11.1 Å². The second-order valence-electron chi connectivity index (χ2n) is 6.51. The number of carbonyl (C=O) groups is 1. The van der Waals surface area contributed by atoms with Crippen LogP contribution in [-0.4, -0.2) is 32.2 Å². The van der Waals surface area contributed by atoms with Crippen molar-refractivity contribution in [2.75, 3.05) is 0 Å². The monoisotopic (exact) mass is 369 g/mol. The van der Waals surface area contributed by atoms with Gasteiger partial charge in [0.15, 0.2) is 5.78 Å². The van der Waals surface area contributed by atoms with Crippen LogP contribution in [0.3, 0.4) is 0 Å². The molecule has 4 N–H and O–H groups in total. The molecule has 0 fully saturated rings. The van der Waals surface area contributed by atoms with E-state index in [1.54, 1.807) is 26.0 Å². The van der Waals surface area contributed by atoms with Crippen LogP contribution in [0.4, 0.5) is 0 Å². The Morgan fingerprint density at radius 3 is 2.33 bits per heavy atom. The minimum Gasteiger partial charge on any atom is -0.508 e. The lowest BCUT2D eigenvalue weighted by Gasteiger charge is -2.10. The number of aromatic amines is 1. The van der Waals surface area contributed by atoms with Gasteiger partial charge in [0.2, 0.25) is 0 Å². The van der Waals surface area contributed by atoms with Gasteiger partial charge in [0.05, 0.1) is 6.10 Å². The normalized spacial score (nSPS) is 14.3. The summed E-state index contributed by atoms with van der Waals surface area (Å²) < 4.78 is 0. The van der Waals surface area contributed by atoms with E-state index in [-0.39, 0.29) is 22.8 Å². The van der Waals surface area contributed by atoms with Gasteiger partial charge >= 0.3 is 0 Å². The van der Waals surface area contributed by atoms with Gasteiger partial charge in [-0.3, -0.25) is 9.59 Å². The van der Waals surface area contributed by atoms with Crippen molar-refractivity contribution in [3.63, 3.8) is 0 Å². The lowest BCUT2D eigenvalue weighted by atomic mass is 10.0. The second-order valence-corrected chi connectivity index (χ2v) is 6.51. The van der Waals surface area contributed by atoms with E-state index in [1.807, 2.05) is 13.0 Å². The Bertz CT molecular complexity index is 936. The van der Waals surface area contributed by atoms with Crippen molar-refractivity contribution in [1.29, 1.82) is 0 Å². The number of hydrogen-bond acceptors (Lipinski definition) is 5. The van der Waals surface area contributed by atoms with Gasteiger partial charge in [-0.15, -0.1) is 0 Å². The number of aromatic nitrogens is 1. The number of nitrogens with one attached hydrogen (secondary N) is 1. The number of pyridine rings is 1. The smallest absolute Gasteiger partial charge is 0.263 e. The number of H-pyrrole nitrogens is 1. The predicted octanol–water partition coefficient (Wildman–Crippen LogP) is 3.16. The van der Waals surface area contributed by atoms with Crippen molar-refractivity contribution < 1.29 is 20.1 Å². The van der Waals surface area contributed by atoms with Crippen molar-refractivity contribution in [2.45, 2.75) is 26.9 Å². The molecule has 6 heteroatoms. The van der Waals surface area contributed by atoms with E-state index in [4.69, 9.17) is 0 Å². The first kappa shape index (κ1) is 20.2. The molecule has 1 aromatic carbocycles. The summed E-state index contributed by atoms with van der Waals surface area (Å²) in [7, 11) is 0. The maximum atomic E-state index is 12.5. The van der Waals surface area contributed by atoms with E-state index < -0.39 is 23.2 Å². The van der Waals surface area contributed by atoms with Crippen LogP contribution in [0.2, 0.25) is 0 Å². The number of aliphatic hydroxyl groups is 1. The molecule has 0 aliphatic rings. The summed E-state index contributed by atoms with van der Waals surface area (Å²) in [5.41, 5.74) is 0.530. The standard InChI is InChI=1S/C21H23NO5/c1-12(10-13(2)14(3)23)4-9-18(25)19-20(26)17(11-22-21(19)27)15-5-7-16(24)8-6-15/h4-11,13-14,23-24H,1-3H3,(H2,22,26,27)/b9-4+,12-10-/t13-,14-/m0/s1. The van der Waals surface area contributed by atoms with Crippen molar-refractivity contribution in [3.8, 4) is 22.6 Å². The van der Waals surface area contributed by atoms with Crippen LogP contribution in [0.5, 0.6) is 11.5 Å². The fraction of sp³-hybridized carbons (Fsp3) is 0.238. The highest BCUT2D eigenvalue weighted by Gasteiger charge is 2.18. The molecule has 0 spiro atoms.